The second kappa shape index (κ2) is 3.74. The number of aryl methyl sites for hydroxylation is 1. The van der Waals surface area contributed by atoms with Gasteiger partial charge in [-0.05, 0) is 31.9 Å². The molecule has 15 heavy (non-hydrogen) atoms. The van der Waals surface area contributed by atoms with E-state index in [-0.39, 0.29) is 6.10 Å². The van der Waals surface area contributed by atoms with Crippen LogP contribution in [-0.4, -0.2) is 29.4 Å². The average Bonchev–Trinajstić information content (AvgIpc) is 2.55. The fourth-order valence-corrected chi connectivity index (χ4v) is 2.16. The van der Waals surface area contributed by atoms with Gasteiger partial charge in [-0.2, -0.15) is 0 Å². The summed E-state index contributed by atoms with van der Waals surface area (Å²) >= 11 is 0. The number of benzene rings is 1. The second-order valence-electron chi connectivity index (χ2n) is 4.27. The molecule has 1 atom stereocenters. The van der Waals surface area contributed by atoms with E-state index >= 15 is 0 Å². The number of rotatable bonds is 2. The highest BCUT2D eigenvalue weighted by atomic mass is 16.3. The average molecular weight is 207 g/mol. The van der Waals surface area contributed by atoms with Gasteiger partial charge in [0, 0.05) is 24.3 Å². The van der Waals surface area contributed by atoms with E-state index in [1.54, 1.807) is 6.92 Å². The quantitative estimate of drug-likeness (QED) is 0.771. The zero-order valence-electron chi connectivity index (χ0n) is 9.20. The molecule has 0 saturated carbocycles. The lowest BCUT2D eigenvalue weighted by atomic mass is 10.1. The molecule has 1 unspecified atom stereocenters. The van der Waals surface area contributed by atoms with Crippen molar-refractivity contribution in [2.24, 2.45) is 0 Å². The van der Waals surface area contributed by atoms with Crippen LogP contribution in [0, 0.1) is 6.92 Å². The molecule has 2 N–H and O–H groups in total. The summed E-state index contributed by atoms with van der Waals surface area (Å²) in [5.41, 5.74) is 3.02. The lowest BCUT2D eigenvalue weighted by Crippen LogP contribution is -2.29. The molecule has 1 aliphatic rings. The van der Waals surface area contributed by atoms with Crippen LogP contribution in [0.4, 0.5) is 5.69 Å². The maximum atomic E-state index is 9.88. The van der Waals surface area contributed by atoms with E-state index in [1.165, 1.54) is 0 Å². The molecular weight excluding hydrogens is 190 g/mol. The molecule has 0 saturated heterocycles. The number of fused-ring (bicyclic) bond motifs is 1. The Kier molecular flexibility index (Phi) is 2.57. The lowest BCUT2D eigenvalue weighted by Gasteiger charge is -2.21. The summed E-state index contributed by atoms with van der Waals surface area (Å²) in [5, 5.41) is 19.2. The highest BCUT2D eigenvalue weighted by Crippen LogP contribution is 2.36. The summed E-state index contributed by atoms with van der Waals surface area (Å²) in [6, 6.07) is 3.95. The van der Waals surface area contributed by atoms with E-state index in [4.69, 9.17) is 0 Å². The number of phenols is 1. The molecule has 0 amide bonds. The summed E-state index contributed by atoms with van der Waals surface area (Å²) in [6.45, 7) is 5.21. The Morgan fingerprint density at radius 1 is 1.47 bits per heavy atom. The Labute approximate surface area is 90.0 Å². The van der Waals surface area contributed by atoms with Crippen molar-refractivity contribution in [3.63, 3.8) is 0 Å². The summed E-state index contributed by atoms with van der Waals surface area (Å²) < 4.78 is 0. The van der Waals surface area contributed by atoms with E-state index in [9.17, 15) is 10.2 Å². The molecule has 0 aromatic heterocycles. The smallest absolute Gasteiger partial charge is 0.123 e. The number of nitrogens with zero attached hydrogens (tertiary/aromatic N) is 1. The Bertz CT molecular complexity index is 374. The molecule has 1 aromatic carbocycles. The number of phenolic OH excluding ortho intramolecular Hbond substituents is 1. The summed E-state index contributed by atoms with van der Waals surface area (Å²) in [4.78, 5) is 2.12. The molecule has 3 nitrogen and oxygen atoms in total. The Morgan fingerprint density at radius 3 is 2.87 bits per heavy atom. The largest absolute Gasteiger partial charge is 0.507 e. The first-order chi connectivity index (χ1) is 7.09. The number of β-amino-alcohol motifs (C(OH)–C–C–N with tert-alkyl or cyclic N) is 1. The SMILES string of the molecule is Cc1ccc2c(c1O)CCN2CC(C)O. The maximum absolute atomic E-state index is 9.88. The maximum Gasteiger partial charge on any atom is 0.123 e. The summed E-state index contributed by atoms with van der Waals surface area (Å²) in [6.07, 6.45) is 0.537. The van der Waals surface area contributed by atoms with Crippen LogP contribution < -0.4 is 4.90 Å². The third kappa shape index (κ3) is 1.79. The van der Waals surface area contributed by atoms with Gasteiger partial charge in [-0.15, -0.1) is 0 Å². The van der Waals surface area contributed by atoms with E-state index in [0.29, 0.717) is 12.3 Å². The standard InChI is InChI=1S/C12H17NO2/c1-8-3-4-11-10(12(8)15)5-6-13(11)7-9(2)14/h3-4,9,14-15H,5-7H2,1-2H3. The third-order valence-corrected chi connectivity index (χ3v) is 2.92. The van der Waals surface area contributed by atoms with Crippen molar-refractivity contribution in [3.05, 3.63) is 23.3 Å². The molecule has 0 spiro atoms. The van der Waals surface area contributed by atoms with Crippen LogP contribution >= 0.6 is 0 Å². The van der Waals surface area contributed by atoms with Gasteiger partial charge in [0.25, 0.3) is 0 Å². The van der Waals surface area contributed by atoms with Crippen molar-refractivity contribution in [1.29, 1.82) is 0 Å². The molecule has 0 fully saturated rings. The molecule has 1 heterocycles. The summed E-state index contributed by atoms with van der Waals surface area (Å²) in [7, 11) is 0. The van der Waals surface area contributed by atoms with Crippen molar-refractivity contribution >= 4 is 5.69 Å². The first-order valence-electron chi connectivity index (χ1n) is 5.34. The minimum atomic E-state index is -0.334. The van der Waals surface area contributed by atoms with E-state index in [0.717, 1.165) is 29.8 Å². The molecular formula is C12H17NO2. The number of anilines is 1. The number of hydrogen-bond acceptors (Lipinski definition) is 3. The third-order valence-electron chi connectivity index (χ3n) is 2.92. The highest BCUT2D eigenvalue weighted by molar-refractivity contribution is 5.64. The van der Waals surface area contributed by atoms with Crippen LogP contribution in [0.3, 0.4) is 0 Å². The van der Waals surface area contributed by atoms with Crippen LogP contribution in [0.1, 0.15) is 18.1 Å². The van der Waals surface area contributed by atoms with Gasteiger partial charge in [-0.25, -0.2) is 0 Å². The van der Waals surface area contributed by atoms with E-state index < -0.39 is 0 Å². The molecule has 0 aliphatic carbocycles. The molecule has 0 bridgehead atoms. The van der Waals surface area contributed by atoms with Gasteiger partial charge >= 0.3 is 0 Å². The molecule has 1 aromatic rings. The predicted molar refractivity (Wildman–Crippen MR) is 60.4 cm³/mol. The zero-order chi connectivity index (χ0) is 11.0. The van der Waals surface area contributed by atoms with Gasteiger partial charge in [0.1, 0.15) is 5.75 Å². The monoisotopic (exact) mass is 207 g/mol. The lowest BCUT2D eigenvalue weighted by molar-refractivity contribution is 0.200. The van der Waals surface area contributed by atoms with Crippen molar-refractivity contribution in [1.82, 2.24) is 0 Å². The van der Waals surface area contributed by atoms with Crippen molar-refractivity contribution in [3.8, 4) is 5.75 Å². The minimum absolute atomic E-state index is 0.334. The first kappa shape index (κ1) is 10.3. The van der Waals surface area contributed by atoms with Crippen LogP contribution in [0.25, 0.3) is 0 Å². The number of aliphatic hydroxyl groups is 1. The second-order valence-corrected chi connectivity index (χ2v) is 4.27. The van der Waals surface area contributed by atoms with Gasteiger partial charge in [0.2, 0.25) is 0 Å². The van der Waals surface area contributed by atoms with Crippen LogP contribution in [-0.2, 0) is 6.42 Å². The summed E-state index contributed by atoms with van der Waals surface area (Å²) in [5.74, 6) is 0.417. The molecule has 82 valence electrons. The van der Waals surface area contributed by atoms with Gasteiger partial charge < -0.3 is 15.1 Å². The van der Waals surface area contributed by atoms with E-state index in [2.05, 4.69) is 4.90 Å². The molecule has 2 rings (SSSR count). The van der Waals surface area contributed by atoms with Crippen molar-refractivity contribution < 1.29 is 10.2 Å². The number of aromatic hydroxyl groups is 1. The van der Waals surface area contributed by atoms with Crippen molar-refractivity contribution in [2.75, 3.05) is 18.0 Å². The topological polar surface area (TPSA) is 43.7 Å². The zero-order valence-corrected chi connectivity index (χ0v) is 9.20. The molecule has 1 aliphatic heterocycles. The van der Waals surface area contributed by atoms with Crippen LogP contribution in [0.2, 0.25) is 0 Å². The Hall–Kier alpha value is -1.22. The molecule has 0 radical (unpaired) electrons. The van der Waals surface area contributed by atoms with Crippen LogP contribution in [0.5, 0.6) is 5.75 Å². The fourth-order valence-electron chi connectivity index (χ4n) is 2.16. The highest BCUT2D eigenvalue weighted by Gasteiger charge is 2.23. The number of hydrogen-bond donors (Lipinski definition) is 2. The van der Waals surface area contributed by atoms with Crippen LogP contribution in [0.15, 0.2) is 12.1 Å². The van der Waals surface area contributed by atoms with Gasteiger partial charge in [0.05, 0.1) is 6.10 Å². The number of aliphatic hydroxyl groups excluding tert-OH is 1. The Morgan fingerprint density at radius 2 is 2.20 bits per heavy atom. The van der Waals surface area contributed by atoms with Gasteiger partial charge in [0.15, 0.2) is 0 Å². The minimum Gasteiger partial charge on any atom is -0.507 e. The first-order valence-corrected chi connectivity index (χ1v) is 5.34. The van der Waals surface area contributed by atoms with Gasteiger partial charge in [-0.3, -0.25) is 0 Å². The predicted octanol–water partition coefficient (Wildman–Crippen LogP) is 1.44. The normalized spacial score (nSPS) is 16.6. The van der Waals surface area contributed by atoms with Crippen molar-refractivity contribution in [2.45, 2.75) is 26.4 Å². The van der Waals surface area contributed by atoms with Gasteiger partial charge in [-0.1, -0.05) is 6.07 Å². The Balaban J connectivity index is 2.32. The van der Waals surface area contributed by atoms with E-state index in [1.807, 2.05) is 19.1 Å². The molecule has 3 heteroatoms. The fraction of sp³-hybridized carbons (Fsp3) is 0.500.